The molecule has 0 unspecified atom stereocenters. The zero-order valence-corrected chi connectivity index (χ0v) is 15.8. The molecule has 9 nitrogen and oxygen atoms in total. The van der Waals surface area contributed by atoms with Gasteiger partial charge in [-0.15, -0.1) is 0 Å². The van der Waals surface area contributed by atoms with E-state index in [0.29, 0.717) is 22.6 Å². The molecular weight excluding hydrogens is 396 g/mol. The normalized spacial score (nSPS) is 31.0. The summed E-state index contributed by atoms with van der Waals surface area (Å²) < 4.78 is 16.7. The second-order valence-electron chi connectivity index (χ2n) is 7.30. The second kappa shape index (κ2) is 8.21. The summed E-state index contributed by atoms with van der Waals surface area (Å²) in [5, 5.41) is 48.6. The lowest BCUT2D eigenvalue weighted by atomic mass is 9.96. The van der Waals surface area contributed by atoms with Crippen molar-refractivity contribution < 1.29 is 44.5 Å². The van der Waals surface area contributed by atoms with Crippen molar-refractivity contribution in [2.75, 3.05) is 6.61 Å². The lowest BCUT2D eigenvalue weighted by molar-refractivity contribution is -0.277. The standard InChI is InChI=1S/C21H22O9/c22-9-17-18(25)19(26)20(27)21(30-17)28-12-4-1-10(2-5-12)15-8-14(24)13-6-3-11(23)7-16(13)29-15/h1-7,15,17-23,25-27H,8-9H2/t15-,17-,18-,19+,20-,21-/m1/s1. The molecule has 2 heterocycles. The summed E-state index contributed by atoms with van der Waals surface area (Å²) in [5.41, 5.74) is 1.13. The highest BCUT2D eigenvalue weighted by Crippen LogP contribution is 2.37. The number of fused-ring (bicyclic) bond motifs is 1. The van der Waals surface area contributed by atoms with Gasteiger partial charge in [-0.2, -0.15) is 0 Å². The largest absolute Gasteiger partial charge is 0.508 e. The summed E-state index contributed by atoms with van der Waals surface area (Å²) in [6.07, 6.45) is -7.24. The summed E-state index contributed by atoms with van der Waals surface area (Å²) in [6, 6.07) is 10.9. The van der Waals surface area contributed by atoms with Gasteiger partial charge in [-0.3, -0.25) is 4.79 Å². The Morgan fingerprint density at radius 2 is 1.73 bits per heavy atom. The van der Waals surface area contributed by atoms with Gasteiger partial charge in [0.15, 0.2) is 5.78 Å². The maximum Gasteiger partial charge on any atom is 0.229 e. The molecule has 0 amide bonds. The number of aliphatic hydroxyl groups is 4. The first-order valence-corrected chi connectivity index (χ1v) is 9.47. The molecule has 1 fully saturated rings. The van der Waals surface area contributed by atoms with Gasteiger partial charge in [0.25, 0.3) is 0 Å². The van der Waals surface area contributed by atoms with E-state index in [1.165, 1.54) is 18.2 Å². The highest BCUT2D eigenvalue weighted by Gasteiger charge is 2.44. The number of aliphatic hydroxyl groups excluding tert-OH is 4. The highest BCUT2D eigenvalue weighted by atomic mass is 16.7. The van der Waals surface area contributed by atoms with Crippen molar-refractivity contribution in [1.29, 1.82) is 0 Å². The molecule has 30 heavy (non-hydrogen) atoms. The van der Waals surface area contributed by atoms with Crippen molar-refractivity contribution in [2.45, 2.75) is 43.2 Å². The van der Waals surface area contributed by atoms with Crippen molar-refractivity contribution in [3.8, 4) is 17.2 Å². The third-order valence-corrected chi connectivity index (χ3v) is 5.26. The molecule has 2 aromatic rings. The van der Waals surface area contributed by atoms with E-state index >= 15 is 0 Å². The number of benzene rings is 2. The summed E-state index contributed by atoms with van der Waals surface area (Å²) in [7, 11) is 0. The number of phenolic OH excluding ortho intramolecular Hbond substituents is 1. The van der Waals surface area contributed by atoms with Gasteiger partial charge >= 0.3 is 0 Å². The number of hydrogen-bond donors (Lipinski definition) is 5. The molecule has 4 rings (SSSR count). The van der Waals surface area contributed by atoms with E-state index in [-0.39, 0.29) is 18.0 Å². The number of ketones is 1. The van der Waals surface area contributed by atoms with Gasteiger partial charge in [-0.1, -0.05) is 12.1 Å². The summed E-state index contributed by atoms with van der Waals surface area (Å²) in [6.45, 7) is -0.548. The van der Waals surface area contributed by atoms with Crippen LogP contribution in [-0.4, -0.2) is 68.6 Å². The molecule has 1 saturated heterocycles. The zero-order chi connectivity index (χ0) is 21.4. The van der Waals surface area contributed by atoms with Crippen LogP contribution >= 0.6 is 0 Å². The van der Waals surface area contributed by atoms with Crippen LogP contribution in [0.5, 0.6) is 17.2 Å². The lowest BCUT2D eigenvalue weighted by Crippen LogP contribution is -2.60. The molecule has 0 aromatic heterocycles. The van der Waals surface area contributed by atoms with E-state index in [2.05, 4.69) is 0 Å². The van der Waals surface area contributed by atoms with E-state index in [0.717, 1.165) is 0 Å². The summed E-state index contributed by atoms with van der Waals surface area (Å²) in [4.78, 5) is 12.4. The number of phenols is 1. The Morgan fingerprint density at radius 1 is 1.00 bits per heavy atom. The zero-order valence-electron chi connectivity index (χ0n) is 15.8. The average Bonchev–Trinajstić information content (AvgIpc) is 2.74. The quantitative estimate of drug-likeness (QED) is 0.472. The maximum atomic E-state index is 12.4. The fourth-order valence-corrected chi connectivity index (χ4v) is 3.56. The maximum absolute atomic E-state index is 12.4. The van der Waals surface area contributed by atoms with E-state index in [1.54, 1.807) is 24.3 Å². The topological polar surface area (TPSA) is 146 Å². The molecule has 0 aliphatic carbocycles. The van der Waals surface area contributed by atoms with Gasteiger partial charge in [0.1, 0.15) is 47.8 Å². The van der Waals surface area contributed by atoms with Crippen molar-refractivity contribution in [3.63, 3.8) is 0 Å². The van der Waals surface area contributed by atoms with Crippen LogP contribution in [0.2, 0.25) is 0 Å². The van der Waals surface area contributed by atoms with Crippen molar-refractivity contribution in [1.82, 2.24) is 0 Å². The first-order chi connectivity index (χ1) is 14.4. The Balaban J connectivity index is 1.46. The van der Waals surface area contributed by atoms with E-state index in [9.17, 15) is 30.3 Å². The van der Waals surface area contributed by atoms with Crippen LogP contribution in [-0.2, 0) is 4.74 Å². The number of carbonyl (C=O) groups excluding carboxylic acids is 1. The molecule has 0 radical (unpaired) electrons. The van der Waals surface area contributed by atoms with Gasteiger partial charge in [-0.05, 0) is 29.8 Å². The molecular formula is C21H22O9. The van der Waals surface area contributed by atoms with Crippen molar-refractivity contribution in [2.24, 2.45) is 0 Å². The SMILES string of the molecule is O=C1C[C@H](c2ccc(O[C@@H]3O[C@H](CO)[C@@H](O)[C@H](O)[C@H]3O)cc2)Oc2cc(O)ccc21. The summed E-state index contributed by atoms with van der Waals surface area (Å²) >= 11 is 0. The van der Waals surface area contributed by atoms with E-state index in [4.69, 9.17) is 14.2 Å². The number of ether oxygens (including phenoxy) is 3. The van der Waals surface area contributed by atoms with Crippen LogP contribution in [0.4, 0.5) is 0 Å². The predicted octanol–water partition coefficient (Wildman–Crippen LogP) is 0.277. The monoisotopic (exact) mass is 418 g/mol. The fourth-order valence-electron chi connectivity index (χ4n) is 3.56. The number of hydrogen-bond acceptors (Lipinski definition) is 9. The first kappa shape index (κ1) is 20.6. The molecule has 160 valence electrons. The Labute approximate surface area is 171 Å². The minimum absolute atomic E-state index is 0.00507. The molecule has 2 aromatic carbocycles. The van der Waals surface area contributed by atoms with Gasteiger partial charge in [-0.25, -0.2) is 0 Å². The van der Waals surface area contributed by atoms with E-state index < -0.39 is 43.4 Å². The second-order valence-corrected chi connectivity index (χ2v) is 7.30. The molecule has 0 bridgehead atoms. The fraction of sp³-hybridized carbons (Fsp3) is 0.381. The van der Waals surface area contributed by atoms with Crippen LogP contribution in [0.25, 0.3) is 0 Å². The number of Topliss-reactive ketones (excluding diaryl/α,β-unsaturated/α-hetero) is 1. The van der Waals surface area contributed by atoms with Gasteiger partial charge in [0, 0.05) is 6.07 Å². The van der Waals surface area contributed by atoms with Crippen LogP contribution in [0.1, 0.15) is 28.4 Å². The van der Waals surface area contributed by atoms with Crippen LogP contribution in [0.3, 0.4) is 0 Å². The first-order valence-electron chi connectivity index (χ1n) is 9.47. The lowest BCUT2D eigenvalue weighted by Gasteiger charge is -2.39. The average molecular weight is 418 g/mol. The van der Waals surface area contributed by atoms with E-state index in [1.807, 2.05) is 0 Å². The molecule has 2 aliphatic rings. The Morgan fingerprint density at radius 3 is 2.43 bits per heavy atom. The van der Waals surface area contributed by atoms with Crippen LogP contribution in [0, 0.1) is 0 Å². The predicted molar refractivity (Wildman–Crippen MR) is 101 cm³/mol. The Hall–Kier alpha value is -2.69. The highest BCUT2D eigenvalue weighted by molar-refractivity contribution is 6.00. The minimum Gasteiger partial charge on any atom is -0.508 e. The number of aromatic hydroxyl groups is 1. The summed E-state index contributed by atoms with van der Waals surface area (Å²) in [5.74, 6) is 0.537. The Bertz CT molecular complexity index is 911. The van der Waals surface area contributed by atoms with Crippen LogP contribution < -0.4 is 9.47 Å². The van der Waals surface area contributed by atoms with Crippen molar-refractivity contribution in [3.05, 3.63) is 53.6 Å². The smallest absolute Gasteiger partial charge is 0.229 e. The molecule has 5 N–H and O–H groups in total. The molecule has 0 saturated carbocycles. The van der Waals surface area contributed by atoms with Gasteiger partial charge < -0.3 is 39.7 Å². The minimum atomic E-state index is -1.53. The van der Waals surface area contributed by atoms with Gasteiger partial charge in [0.05, 0.1) is 18.6 Å². The number of carbonyl (C=O) groups is 1. The van der Waals surface area contributed by atoms with Crippen molar-refractivity contribution >= 4 is 5.78 Å². The Kier molecular flexibility index (Phi) is 5.63. The molecule has 0 spiro atoms. The van der Waals surface area contributed by atoms with Crippen LogP contribution in [0.15, 0.2) is 42.5 Å². The third-order valence-electron chi connectivity index (χ3n) is 5.26. The number of rotatable bonds is 4. The van der Waals surface area contributed by atoms with Gasteiger partial charge in [0.2, 0.25) is 6.29 Å². The molecule has 9 heteroatoms. The molecule has 6 atom stereocenters. The third kappa shape index (κ3) is 3.85. The molecule has 2 aliphatic heterocycles.